The van der Waals surface area contributed by atoms with Crippen LogP contribution in [0.25, 0.3) is 93.5 Å². The van der Waals surface area contributed by atoms with Crippen molar-refractivity contribution in [3.8, 4) is 50.2 Å². The van der Waals surface area contributed by atoms with Gasteiger partial charge in [0.2, 0.25) is 0 Å². The molecule has 0 radical (unpaired) electrons. The Morgan fingerprint density at radius 2 is 0.766 bits per heavy atom. The molecule has 0 aliphatic carbocycles. The maximum atomic E-state index is 2.41. The van der Waals surface area contributed by atoms with E-state index in [1.807, 2.05) is 0 Å². The molecular weight excluding hydrogens is 773 g/mol. The van der Waals surface area contributed by atoms with E-state index in [2.05, 4.69) is 264 Å². The van der Waals surface area contributed by atoms with Crippen molar-refractivity contribution >= 4 is 60.4 Å². The molecule has 2 heteroatoms. The lowest BCUT2D eigenvalue weighted by Gasteiger charge is -2.28. The number of fused-ring (bicyclic) bond motifs is 6. The molecule has 0 fully saturated rings. The van der Waals surface area contributed by atoms with Gasteiger partial charge in [0.15, 0.2) is 0 Å². The Morgan fingerprint density at radius 1 is 0.266 bits per heavy atom. The van der Waals surface area contributed by atoms with Crippen LogP contribution in [-0.2, 0) is 0 Å². The zero-order valence-electron chi connectivity index (χ0n) is 35.1. The molecule has 1 heterocycles. The first-order chi connectivity index (χ1) is 31.8. The molecule has 0 saturated heterocycles. The van der Waals surface area contributed by atoms with E-state index in [1.165, 1.54) is 76.7 Å². The molecule has 1 aromatic heterocycles. The minimum atomic E-state index is 1.09. The third kappa shape index (κ3) is 6.35. The average molecular weight is 815 g/mol. The van der Waals surface area contributed by atoms with Gasteiger partial charge in [0, 0.05) is 33.4 Å². The van der Waals surface area contributed by atoms with Crippen molar-refractivity contribution in [3.63, 3.8) is 0 Å². The lowest BCUT2D eigenvalue weighted by Crippen LogP contribution is -2.11. The Kier molecular flexibility index (Phi) is 9.20. The normalized spacial score (nSPS) is 11.4. The predicted octanol–water partition coefficient (Wildman–Crippen LogP) is 17.2. The summed E-state index contributed by atoms with van der Waals surface area (Å²) in [4.78, 5) is 2.41. The zero-order chi connectivity index (χ0) is 42.4. The van der Waals surface area contributed by atoms with Gasteiger partial charge < -0.3 is 9.47 Å². The minimum absolute atomic E-state index is 1.09. The van der Waals surface area contributed by atoms with Gasteiger partial charge in [-0.25, -0.2) is 0 Å². The van der Waals surface area contributed by atoms with Gasteiger partial charge in [-0.05, 0) is 127 Å². The minimum Gasteiger partial charge on any atom is -0.310 e. The van der Waals surface area contributed by atoms with Gasteiger partial charge in [-0.1, -0.05) is 188 Å². The molecule has 0 amide bonds. The van der Waals surface area contributed by atoms with E-state index in [9.17, 15) is 0 Å². The molecule has 0 unspecified atom stereocenters. The van der Waals surface area contributed by atoms with Gasteiger partial charge >= 0.3 is 0 Å². The van der Waals surface area contributed by atoms with Crippen LogP contribution in [0.3, 0.4) is 0 Å². The fraction of sp³-hybridized carbons (Fsp3) is 0. The van der Waals surface area contributed by atoms with Crippen LogP contribution in [0.4, 0.5) is 17.1 Å². The molecule has 12 rings (SSSR count). The summed E-state index contributed by atoms with van der Waals surface area (Å²) in [6.45, 7) is 0. The van der Waals surface area contributed by atoms with Gasteiger partial charge in [0.05, 0.1) is 16.7 Å². The smallest absolute Gasteiger partial charge is 0.0541 e. The molecule has 0 aliphatic rings. The largest absolute Gasteiger partial charge is 0.310 e. The fourth-order valence-corrected chi connectivity index (χ4v) is 9.92. The first-order valence-corrected chi connectivity index (χ1v) is 22.0. The molecule has 0 atom stereocenters. The lowest BCUT2D eigenvalue weighted by molar-refractivity contribution is 1.18. The molecule has 2 nitrogen and oxygen atoms in total. The molecule has 12 aromatic rings. The third-order valence-corrected chi connectivity index (χ3v) is 12.7. The van der Waals surface area contributed by atoms with Crippen LogP contribution in [0, 0.1) is 0 Å². The molecule has 0 saturated carbocycles. The Labute approximate surface area is 373 Å². The van der Waals surface area contributed by atoms with Crippen LogP contribution >= 0.6 is 0 Å². The second-order valence-corrected chi connectivity index (χ2v) is 16.4. The molecule has 11 aromatic carbocycles. The Morgan fingerprint density at radius 3 is 1.52 bits per heavy atom. The Balaban J connectivity index is 1.03. The van der Waals surface area contributed by atoms with Crippen molar-refractivity contribution < 1.29 is 0 Å². The van der Waals surface area contributed by atoms with Gasteiger partial charge in [0.1, 0.15) is 0 Å². The topological polar surface area (TPSA) is 8.17 Å². The van der Waals surface area contributed by atoms with Crippen molar-refractivity contribution in [2.45, 2.75) is 0 Å². The second kappa shape index (κ2) is 15.8. The highest BCUT2D eigenvalue weighted by Gasteiger charge is 2.21. The number of nitrogens with zero attached hydrogens (tertiary/aromatic N) is 2. The summed E-state index contributed by atoms with van der Waals surface area (Å²) in [5.74, 6) is 0. The molecular formula is C62H42N2. The van der Waals surface area contributed by atoms with Crippen molar-refractivity contribution in [1.82, 2.24) is 4.57 Å². The van der Waals surface area contributed by atoms with E-state index in [4.69, 9.17) is 0 Å². The van der Waals surface area contributed by atoms with Gasteiger partial charge in [0.25, 0.3) is 0 Å². The summed E-state index contributed by atoms with van der Waals surface area (Å²) >= 11 is 0. The summed E-state index contributed by atoms with van der Waals surface area (Å²) in [6, 6.07) is 92.7. The number of para-hydroxylation sites is 4. The predicted molar refractivity (Wildman–Crippen MR) is 272 cm³/mol. The quantitative estimate of drug-likeness (QED) is 0.139. The van der Waals surface area contributed by atoms with Crippen molar-refractivity contribution in [3.05, 3.63) is 255 Å². The van der Waals surface area contributed by atoms with E-state index in [0.717, 1.165) is 33.9 Å². The van der Waals surface area contributed by atoms with Crippen LogP contribution in [0.15, 0.2) is 255 Å². The van der Waals surface area contributed by atoms with E-state index in [0.29, 0.717) is 0 Å². The number of anilines is 3. The first-order valence-electron chi connectivity index (χ1n) is 22.0. The molecule has 0 aliphatic heterocycles. The number of aromatic nitrogens is 1. The van der Waals surface area contributed by atoms with Gasteiger partial charge in [-0.3, -0.25) is 0 Å². The van der Waals surface area contributed by atoms with Crippen LogP contribution < -0.4 is 4.90 Å². The van der Waals surface area contributed by atoms with Crippen molar-refractivity contribution in [1.29, 1.82) is 0 Å². The summed E-state index contributed by atoms with van der Waals surface area (Å²) < 4.78 is 2.38. The zero-order valence-corrected chi connectivity index (χ0v) is 35.1. The van der Waals surface area contributed by atoms with E-state index < -0.39 is 0 Å². The number of hydrogen-bond acceptors (Lipinski definition) is 1. The van der Waals surface area contributed by atoms with E-state index in [1.54, 1.807) is 0 Å². The summed E-state index contributed by atoms with van der Waals surface area (Å²) in [6.07, 6.45) is 0. The molecule has 64 heavy (non-hydrogen) atoms. The number of rotatable bonds is 8. The highest BCUT2D eigenvalue weighted by Crippen LogP contribution is 2.47. The van der Waals surface area contributed by atoms with Crippen molar-refractivity contribution in [2.75, 3.05) is 4.90 Å². The first kappa shape index (κ1) is 37.3. The number of hydrogen-bond donors (Lipinski definition) is 0. The average Bonchev–Trinajstić information content (AvgIpc) is 3.71. The lowest BCUT2D eigenvalue weighted by atomic mass is 9.84. The SMILES string of the molecule is c1ccc(-c2c(-c3ccccc3)c3cc(-c4cccc(N(c5ccccc5)c5ccccc5-c5ccc6c(c5)c5ccccc5n6-c5ccccc5)c4)ccc3c3ccccc23)cc1. The molecule has 300 valence electrons. The summed E-state index contributed by atoms with van der Waals surface area (Å²) in [5, 5.41) is 7.47. The van der Waals surface area contributed by atoms with Crippen LogP contribution in [0.2, 0.25) is 0 Å². The second-order valence-electron chi connectivity index (χ2n) is 16.4. The van der Waals surface area contributed by atoms with Gasteiger partial charge in [-0.2, -0.15) is 0 Å². The van der Waals surface area contributed by atoms with E-state index >= 15 is 0 Å². The standard InChI is InChI=1S/C62H42N2/c1-5-20-43(21-6-1)61-55-33-14-13-31-52(55)53-38-36-46(41-57(53)62(61)44-22-7-2-8-23-44)45-24-19-29-50(40-45)63(48-25-9-3-10-26-48)58-34-17-15-30-51(58)47-37-39-60-56(42-47)54-32-16-18-35-59(54)64(60)49-27-11-4-12-28-49/h1-42H. The summed E-state index contributed by atoms with van der Waals surface area (Å²) in [7, 11) is 0. The fourth-order valence-electron chi connectivity index (χ4n) is 9.92. The van der Waals surface area contributed by atoms with Crippen LogP contribution in [0.1, 0.15) is 0 Å². The van der Waals surface area contributed by atoms with Crippen LogP contribution in [0.5, 0.6) is 0 Å². The molecule has 0 bridgehead atoms. The third-order valence-electron chi connectivity index (χ3n) is 12.7. The molecule has 0 N–H and O–H groups in total. The van der Waals surface area contributed by atoms with Gasteiger partial charge in [-0.15, -0.1) is 0 Å². The maximum Gasteiger partial charge on any atom is 0.0541 e. The Bertz CT molecular complexity index is 3650. The monoisotopic (exact) mass is 814 g/mol. The van der Waals surface area contributed by atoms with E-state index in [-0.39, 0.29) is 0 Å². The van der Waals surface area contributed by atoms with Crippen molar-refractivity contribution in [2.24, 2.45) is 0 Å². The highest BCUT2D eigenvalue weighted by atomic mass is 15.1. The summed E-state index contributed by atoms with van der Waals surface area (Å²) in [5.41, 5.74) is 16.4. The number of benzene rings is 11. The highest BCUT2D eigenvalue weighted by molar-refractivity contribution is 6.22. The van der Waals surface area contributed by atoms with Crippen LogP contribution in [-0.4, -0.2) is 4.57 Å². The molecule has 0 spiro atoms. The Hall–Kier alpha value is -8.46. The maximum absolute atomic E-state index is 2.41.